The van der Waals surface area contributed by atoms with E-state index in [1.807, 2.05) is 0 Å². The van der Waals surface area contributed by atoms with Crippen molar-refractivity contribution < 1.29 is 23.2 Å². The molecule has 0 aliphatic rings. The van der Waals surface area contributed by atoms with Gasteiger partial charge in [-0.3, -0.25) is 4.79 Å². The lowest BCUT2D eigenvalue weighted by atomic mass is 10.0. The van der Waals surface area contributed by atoms with Gasteiger partial charge in [-0.05, 0) is 36.8 Å². The van der Waals surface area contributed by atoms with Gasteiger partial charge < -0.3 is 14.9 Å². The maximum absolute atomic E-state index is 13.3. The standard InChI is InChI=1S/C19H15ClF2N2O3/c1-10(25)18-16(17(24-27-18)12-2-4-13(20)5-3-12)19(26)23-9-11-6-14(21)8-15(22)7-11/h2-8,10,25H,9H2,1H3,(H,23,26)/t10-/m0/s1. The predicted molar refractivity (Wildman–Crippen MR) is 95.1 cm³/mol. The molecule has 27 heavy (non-hydrogen) atoms. The van der Waals surface area contributed by atoms with Crippen LogP contribution in [0.1, 0.15) is 34.7 Å². The van der Waals surface area contributed by atoms with E-state index in [-0.39, 0.29) is 29.1 Å². The second-order valence-corrected chi connectivity index (χ2v) is 6.35. The van der Waals surface area contributed by atoms with E-state index in [1.165, 1.54) is 6.92 Å². The number of carbonyl (C=O) groups excluding carboxylic acids is 1. The van der Waals surface area contributed by atoms with Crippen LogP contribution >= 0.6 is 11.6 Å². The zero-order valence-corrected chi connectivity index (χ0v) is 14.9. The summed E-state index contributed by atoms with van der Waals surface area (Å²) in [5.41, 5.74) is 1.09. The van der Waals surface area contributed by atoms with Gasteiger partial charge in [-0.25, -0.2) is 8.78 Å². The topological polar surface area (TPSA) is 75.4 Å². The molecule has 2 aromatic carbocycles. The number of benzene rings is 2. The Labute approximate surface area is 158 Å². The Kier molecular flexibility index (Phi) is 5.53. The van der Waals surface area contributed by atoms with Crippen LogP contribution in [0.4, 0.5) is 8.78 Å². The van der Waals surface area contributed by atoms with E-state index >= 15 is 0 Å². The number of aromatic nitrogens is 1. The highest BCUT2D eigenvalue weighted by Crippen LogP contribution is 2.30. The molecular weight excluding hydrogens is 378 g/mol. The fourth-order valence-electron chi connectivity index (χ4n) is 2.60. The fourth-order valence-corrected chi connectivity index (χ4v) is 2.72. The second kappa shape index (κ2) is 7.85. The molecule has 5 nitrogen and oxygen atoms in total. The average molecular weight is 393 g/mol. The van der Waals surface area contributed by atoms with Crippen LogP contribution in [0, 0.1) is 11.6 Å². The van der Waals surface area contributed by atoms with Gasteiger partial charge in [0.05, 0.1) is 0 Å². The summed E-state index contributed by atoms with van der Waals surface area (Å²) >= 11 is 5.88. The van der Waals surface area contributed by atoms with Crippen LogP contribution < -0.4 is 5.32 Å². The molecule has 0 fully saturated rings. The smallest absolute Gasteiger partial charge is 0.257 e. The minimum Gasteiger partial charge on any atom is -0.385 e. The van der Waals surface area contributed by atoms with Gasteiger partial charge in [0.1, 0.15) is 29.0 Å². The van der Waals surface area contributed by atoms with Crippen LogP contribution in [0.3, 0.4) is 0 Å². The molecule has 0 radical (unpaired) electrons. The largest absolute Gasteiger partial charge is 0.385 e. The predicted octanol–water partition coefficient (Wildman–Crippen LogP) is 4.26. The lowest BCUT2D eigenvalue weighted by Crippen LogP contribution is -2.24. The summed E-state index contributed by atoms with van der Waals surface area (Å²) in [6.45, 7) is 1.32. The average Bonchev–Trinajstić information content (AvgIpc) is 3.05. The highest BCUT2D eigenvalue weighted by atomic mass is 35.5. The first-order chi connectivity index (χ1) is 12.8. The Balaban J connectivity index is 1.90. The molecule has 0 aliphatic heterocycles. The lowest BCUT2D eigenvalue weighted by molar-refractivity contribution is 0.0938. The first kappa shape index (κ1) is 19.0. The van der Waals surface area contributed by atoms with Crippen LogP contribution in [0.2, 0.25) is 5.02 Å². The van der Waals surface area contributed by atoms with E-state index in [0.29, 0.717) is 10.6 Å². The minimum absolute atomic E-state index is 0.0112. The van der Waals surface area contributed by atoms with Crippen molar-refractivity contribution in [3.8, 4) is 11.3 Å². The number of carbonyl (C=O) groups is 1. The SMILES string of the molecule is C[C@H](O)c1onc(-c2ccc(Cl)cc2)c1C(=O)NCc1cc(F)cc(F)c1. The van der Waals surface area contributed by atoms with Crippen molar-refractivity contribution in [1.29, 1.82) is 0 Å². The number of hydrogen-bond acceptors (Lipinski definition) is 4. The summed E-state index contributed by atoms with van der Waals surface area (Å²) in [6.07, 6.45) is -1.08. The molecule has 1 atom stereocenters. The first-order valence-corrected chi connectivity index (χ1v) is 8.39. The molecule has 0 spiro atoms. The van der Waals surface area contributed by atoms with Gasteiger partial charge in [-0.1, -0.05) is 28.9 Å². The van der Waals surface area contributed by atoms with Gasteiger partial charge in [0, 0.05) is 23.2 Å². The molecular formula is C19H15ClF2N2O3. The minimum atomic E-state index is -1.08. The van der Waals surface area contributed by atoms with E-state index < -0.39 is 23.6 Å². The monoisotopic (exact) mass is 392 g/mol. The van der Waals surface area contributed by atoms with Gasteiger partial charge in [0.25, 0.3) is 5.91 Å². The molecule has 0 saturated heterocycles. The molecule has 1 aromatic heterocycles. The van der Waals surface area contributed by atoms with Gasteiger partial charge in [0.2, 0.25) is 0 Å². The summed E-state index contributed by atoms with van der Waals surface area (Å²) in [7, 11) is 0. The van der Waals surface area contributed by atoms with Crippen LogP contribution in [0.15, 0.2) is 47.0 Å². The number of nitrogens with one attached hydrogen (secondary N) is 1. The molecule has 2 N–H and O–H groups in total. The molecule has 0 unspecified atom stereocenters. The Hall–Kier alpha value is -2.77. The van der Waals surface area contributed by atoms with Crippen molar-refractivity contribution in [2.24, 2.45) is 0 Å². The number of rotatable bonds is 5. The molecule has 3 aromatic rings. The number of aliphatic hydroxyl groups is 1. The summed E-state index contributed by atoms with van der Waals surface area (Å²) in [5.74, 6) is -2.09. The van der Waals surface area contributed by atoms with Gasteiger partial charge in [0.15, 0.2) is 5.76 Å². The lowest BCUT2D eigenvalue weighted by Gasteiger charge is -2.08. The highest BCUT2D eigenvalue weighted by Gasteiger charge is 2.26. The summed E-state index contributed by atoms with van der Waals surface area (Å²) in [6, 6.07) is 9.56. The summed E-state index contributed by atoms with van der Waals surface area (Å²) in [5, 5.41) is 16.8. The van der Waals surface area contributed by atoms with Gasteiger partial charge >= 0.3 is 0 Å². The van der Waals surface area contributed by atoms with Crippen LogP contribution in [-0.2, 0) is 6.54 Å². The molecule has 1 heterocycles. The number of halogens is 3. The number of amides is 1. The van der Waals surface area contributed by atoms with E-state index in [2.05, 4.69) is 10.5 Å². The maximum Gasteiger partial charge on any atom is 0.257 e. The summed E-state index contributed by atoms with van der Waals surface area (Å²) < 4.78 is 31.7. The van der Waals surface area contributed by atoms with Crippen LogP contribution in [-0.4, -0.2) is 16.2 Å². The number of aliphatic hydroxyl groups excluding tert-OH is 1. The molecule has 0 saturated carbocycles. The van der Waals surface area contributed by atoms with E-state index in [1.54, 1.807) is 24.3 Å². The number of hydrogen-bond donors (Lipinski definition) is 2. The van der Waals surface area contributed by atoms with Crippen molar-refractivity contribution in [2.45, 2.75) is 19.6 Å². The third kappa shape index (κ3) is 4.32. The van der Waals surface area contributed by atoms with Crippen molar-refractivity contribution in [3.05, 3.63) is 76.0 Å². The van der Waals surface area contributed by atoms with Crippen LogP contribution in [0.5, 0.6) is 0 Å². The molecule has 0 bridgehead atoms. The Morgan fingerprint density at radius 2 is 1.85 bits per heavy atom. The molecule has 140 valence electrons. The molecule has 1 amide bonds. The molecule has 3 rings (SSSR count). The number of nitrogens with zero attached hydrogens (tertiary/aromatic N) is 1. The molecule has 8 heteroatoms. The quantitative estimate of drug-likeness (QED) is 0.680. The Morgan fingerprint density at radius 1 is 1.22 bits per heavy atom. The zero-order valence-electron chi connectivity index (χ0n) is 14.2. The van der Waals surface area contributed by atoms with Crippen molar-refractivity contribution >= 4 is 17.5 Å². The van der Waals surface area contributed by atoms with Crippen molar-refractivity contribution in [2.75, 3.05) is 0 Å². The fraction of sp³-hybridized carbons (Fsp3) is 0.158. The first-order valence-electron chi connectivity index (χ1n) is 8.02. The van der Waals surface area contributed by atoms with Gasteiger partial charge in [-0.2, -0.15) is 0 Å². The zero-order chi connectivity index (χ0) is 19.6. The maximum atomic E-state index is 13.3. The summed E-state index contributed by atoms with van der Waals surface area (Å²) in [4.78, 5) is 12.7. The third-order valence-corrected chi connectivity index (χ3v) is 4.07. The van der Waals surface area contributed by atoms with Crippen molar-refractivity contribution in [3.63, 3.8) is 0 Å². The second-order valence-electron chi connectivity index (χ2n) is 5.91. The van der Waals surface area contributed by atoms with Gasteiger partial charge in [-0.15, -0.1) is 0 Å². The highest BCUT2D eigenvalue weighted by molar-refractivity contribution is 6.30. The third-order valence-electron chi connectivity index (χ3n) is 3.82. The van der Waals surface area contributed by atoms with E-state index in [4.69, 9.17) is 16.1 Å². The Morgan fingerprint density at radius 3 is 2.44 bits per heavy atom. The van der Waals surface area contributed by atoms with E-state index in [0.717, 1.165) is 18.2 Å². The molecule has 0 aliphatic carbocycles. The van der Waals surface area contributed by atoms with E-state index in [9.17, 15) is 18.7 Å². The Bertz CT molecular complexity index is 951. The van der Waals surface area contributed by atoms with Crippen LogP contribution in [0.25, 0.3) is 11.3 Å². The van der Waals surface area contributed by atoms with Crippen molar-refractivity contribution in [1.82, 2.24) is 10.5 Å². The normalized spacial score (nSPS) is 12.0.